The van der Waals surface area contributed by atoms with Gasteiger partial charge in [0.05, 0.1) is 31.4 Å². The van der Waals surface area contributed by atoms with E-state index in [-0.39, 0.29) is 11.6 Å². The van der Waals surface area contributed by atoms with Crippen LogP contribution in [0, 0.1) is 0 Å². The second kappa shape index (κ2) is 7.90. The standard InChI is InChI=1S/C21H23N3O4/c1-26-17-9-15(10-18(12-17)27-2)23-14-3-4-20-19(11-14)21(25)24(13-22-20)16-5-7-28-8-6-16/h3-4,9-13,16,23H,5-8H2,1-2H3. The molecule has 0 bridgehead atoms. The van der Waals surface area contributed by atoms with Crippen molar-refractivity contribution in [3.05, 3.63) is 53.1 Å². The summed E-state index contributed by atoms with van der Waals surface area (Å²) in [4.78, 5) is 17.5. The van der Waals surface area contributed by atoms with Crippen LogP contribution < -0.4 is 20.3 Å². The van der Waals surface area contributed by atoms with Crippen molar-refractivity contribution in [1.29, 1.82) is 0 Å². The van der Waals surface area contributed by atoms with E-state index in [1.54, 1.807) is 25.1 Å². The third-order valence-electron chi connectivity index (χ3n) is 5.01. The maximum Gasteiger partial charge on any atom is 0.261 e. The van der Waals surface area contributed by atoms with E-state index in [0.29, 0.717) is 35.6 Å². The van der Waals surface area contributed by atoms with Gasteiger partial charge in [0.2, 0.25) is 0 Å². The fourth-order valence-corrected chi connectivity index (χ4v) is 3.48. The van der Waals surface area contributed by atoms with Crippen molar-refractivity contribution in [2.45, 2.75) is 18.9 Å². The largest absolute Gasteiger partial charge is 0.497 e. The van der Waals surface area contributed by atoms with Crippen molar-refractivity contribution in [3.8, 4) is 11.5 Å². The van der Waals surface area contributed by atoms with Gasteiger partial charge in [-0.25, -0.2) is 4.98 Å². The second-order valence-corrected chi connectivity index (χ2v) is 6.76. The number of rotatable bonds is 5. The molecule has 0 saturated carbocycles. The minimum atomic E-state index is -0.0243. The SMILES string of the molecule is COc1cc(Nc2ccc3ncn(C4CCOCC4)c(=O)c3c2)cc(OC)c1. The fraction of sp³-hybridized carbons (Fsp3) is 0.333. The first-order chi connectivity index (χ1) is 13.7. The maximum absolute atomic E-state index is 13.0. The molecule has 1 aromatic heterocycles. The van der Waals surface area contributed by atoms with Gasteiger partial charge in [0, 0.05) is 48.8 Å². The summed E-state index contributed by atoms with van der Waals surface area (Å²) in [6.45, 7) is 1.35. The molecule has 7 nitrogen and oxygen atoms in total. The van der Waals surface area contributed by atoms with E-state index in [9.17, 15) is 4.79 Å². The molecule has 0 radical (unpaired) electrons. The number of fused-ring (bicyclic) bond motifs is 1. The third-order valence-corrected chi connectivity index (χ3v) is 5.01. The van der Waals surface area contributed by atoms with Crippen LogP contribution in [0.5, 0.6) is 11.5 Å². The number of benzene rings is 2. The third kappa shape index (κ3) is 3.66. The van der Waals surface area contributed by atoms with Crippen molar-refractivity contribution >= 4 is 22.3 Å². The average Bonchev–Trinajstić information content (AvgIpc) is 2.74. The van der Waals surface area contributed by atoms with Crippen LogP contribution in [0.3, 0.4) is 0 Å². The van der Waals surface area contributed by atoms with Crippen molar-refractivity contribution in [1.82, 2.24) is 9.55 Å². The van der Waals surface area contributed by atoms with Crippen LogP contribution in [0.2, 0.25) is 0 Å². The monoisotopic (exact) mass is 381 g/mol. The lowest BCUT2D eigenvalue weighted by Crippen LogP contribution is -2.29. The summed E-state index contributed by atoms with van der Waals surface area (Å²) in [5.74, 6) is 1.37. The lowest BCUT2D eigenvalue weighted by Gasteiger charge is -2.24. The van der Waals surface area contributed by atoms with Crippen LogP contribution in [0.15, 0.2) is 47.5 Å². The smallest absolute Gasteiger partial charge is 0.261 e. The first kappa shape index (κ1) is 18.3. The predicted molar refractivity (Wildman–Crippen MR) is 108 cm³/mol. The first-order valence-corrected chi connectivity index (χ1v) is 9.26. The Hall–Kier alpha value is -3.06. The highest BCUT2D eigenvalue weighted by Crippen LogP contribution is 2.29. The summed E-state index contributed by atoms with van der Waals surface area (Å²) < 4.78 is 17.8. The van der Waals surface area contributed by atoms with Crippen molar-refractivity contribution in [3.63, 3.8) is 0 Å². The van der Waals surface area contributed by atoms with Gasteiger partial charge in [-0.2, -0.15) is 0 Å². The summed E-state index contributed by atoms with van der Waals surface area (Å²) in [6.07, 6.45) is 3.31. The molecule has 1 saturated heterocycles. The Bertz CT molecular complexity index is 1020. The van der Waals surface area contributed by atoms with Crippen LogP contribution in [-0.4, -0.2) is 37.0 Å². The van der Waals surface area contributed by atoms with E-state index < -0.39 is 0 Å². The number of nitrogens with zero attached hydrogens (tertiary/aromatic N) is 2. The van der Waals surface area contributed by atoms with Gasteiger partial charge in [0.25, 0.3) is 5.56 Å². The molecule has 1 aliphatic heterocycles. The molecule has 28 heavy (non-hydrogen) atoms. The Morgan fingerprint density at radius 2 is 1.75 bits per heavy atom. The minimum absolute atomic E-state index is 0.0243. The molecule has 1 aliphatic rings. The van der Waals surface area contributed by atoms with Crippen LogP contribution >= 0.6 is 0 Å². The first-order valence-electron chi connectivity index (χ1n) is 9.26. The van der Waals surface area contributed by atoms with Crippen molar-refractivity contribution in [2.24, 2.45) is 0 Å². The Labute approximate surface area is 162 Å². The fourth-order valence-electron chi connectivity index (χ4n) is 3.48. The van der Waals surface area contributed by atoms with Crippen LogP contribution in [-0.2, 0) is 4.74 Å². The molecule has 0 aliphatic carbocycles. The topological polar surface area (TPSA) is 74.6 Å². The zero-order valence-corrected chi connectivity index (χ0v) is 16.0. The lowest BCUT2D eigenvalue weighted by molar-refractivity contribution is 0.0685. The molecule has 3 aromatic rings. The molecule has 7 heteroatoms. The van der Waals surface area contributed by atoms with Gasteiger partial charge in [-0.3, -0.25) is 9.36 Å². The zero-order valence-electron chi connectivity index (χ0n) is 16.0. The predicted octanol–water partition coefficient (Wildman–Crippen LogP) is 3.51. The van der Waals surface area contributed by atoms with Gasteiger partial charge in [0.1, 0.15) is 11.5 Å². The summed E-state index contributed by atoms with van der Waals surface area (Å²) in [5.41, 5.74) is 2.27. The molecule has 0 atom stereocenters. The summed E-state index contributed by atoms with van der Waals surface area (Å²) in [6, 6.07) is 11.3. The number of anilines is 2. The molecular weight excluding hydrogens is 358 g/mol. The normalized spacial score (nSPS) is 14.8. The Kier molecular flexibility index (Phi) is 5.16. The summed E-state index contributed by atoms with van der Waals surface area (Å²) in [5, 5.41) is 3.91. The van der Waals surface area contributed by atoms with Crippen molar-refractivity contribution < 1.29 is 14.2 Å². The molecule has 4 rings (SSSR count). The maximum atomic E-state index is 13.0. The number of hydrogen-bond donors (Lipinski definition) is 1. The highest BCUT2D eigenvalue weighted by Gasteiger charge is 2.18. The molecule has 0 amide bonds. The van der Waals surface area contributed by atoms with Crippen LogP contribution in [0.4, 0.5) is 11.4 Å². The van der Waals surface area contributed by atoms with E-state index in [4.69, 9.17) is 14.2 Å². The minimum Gasteiger partial charge on any atom is -0.497 e. The van der Waals surface area contributed by atoms with E-state index in [0.717, 1.165) is 24.2 Å². The van der Waals surface area contributed by atoms with Crippen molar-refractivity contribution in [2.75, 3.05) is 32.8 Å². The molecule has 1 fully saturated rings. The van der Waals surface area contributed by atoms with Crippen LogP contribution in [0.25, 0.3) is 10.9 Å². The highest BCUT2D eigenvalue weighted by atomic mass is 16.5. The quantitative estimate of drug-likeness (QED) is 0.729. The van der Waals surface area contributed by atoms with E-state index >= 15 is 0 Å². The summed E-state index contributed by atoms with van der Waals surface area (Å²) >= 11 is 0. The molecule has 2 aromatic carbocycles. The van der Waals surface area contributed by atoms with Crippen LogP contribution in [0.1, 0.15) is 18.9 Å². The van der Waals surface area contributed by atoms with Gasteiger partial charge in [-0.15, -0.1) is 0 Å². The lowest BCUT2D eigenvalue weighted by atomic mass is 10.1. The van der Waals surface area contributed by atoms with Gasteiger partial charge >= 0.3 is 0 Å². The molecule has 0 unspecified atom stereocenters. The molecule has 146 valence electrons. The Balaban J connectivity index is 1.69. The summed E-state index contributed by atoms with van der Waals surface area (Å²) in [7, 11) is 3.22. The Morgan fingerprint density at radius 3 is 2.43 bits per heavy atom. The number of methoxy groups -OCH3 is 2. The zero-order chi connectivity index (χ0) is 19.5. The average molecular weight is 381 g/mol. The van der Waals surface area contributed by atoms with Gasteiger partial charge in [0.15, 0.2) is 0 Å². The van der Waals surface area contributed by atoms with Gasteiger partial charge in [-0.1, -0.05) is 0 Å². The van der Waals surface area contributed by atoms with E-state index in [2.05, 4.69) is 10.3 Å². The number of ether oxygens (including phenoxy) is 3. The number of hydrogen-bond acceptors (Lipinski definition) is 6. The van der Waals surface area contributed by atoms with Gasteiger partial charge in [-0.05, 0) is 31.0 Å². The van der Waals surface area contributed by atoms with Gasteiger partial charge < -0.3 is 19.5 Å². The highest BCUT2D eigenvalue weighted by molar-refractivity contribution is 5.82. The number of aromatic nitrogens is 2. The van der Waals surface area contributed by atoms with E-state index in [1.165, 1.54) is 0 Å². The molecule has 0 spiro atoms. The Morgan fingerprint density at radius 1 is 1.04 bits per heavy atom. The number of nitrogens with one attached hydrogen (secondary N) is 1. The van der Waals surface area contributed by atoms with E-state index in [1.807, 2.05) is 36.4 Å². The second-order valence-electron chi connectivity index (χ2n) is 6.76. The molecule has 2 heterocycles. The molecular formula is C21H23N3O4. The molecule has 1 N–H and O–H groups in total.